The topological polar surface area (TPSA) is 57.6 Å². The van der Waals surface area contributed by atoms with Crippen molar-refractivity contribution >= 4 is 17.6 Å². The molecular weight excluding hydrogens is 278 g/mol. The van der Waals surface area contributed by atoms with Gasteiger partial charge in [0.25, 0.3) is 5.91 Å². The highest BCUT2D eigenvalue weighted by atomic mass is 16.4. The Morgan fingerprint density at radius 2 is 1.86 bits per heavy atom. The van der Waals surface area contributed by atoms with Crippen molar-refractivity contribution < 1.29 is 14.7 Å². The highest BCUT2D eigenvalue weighted by Gasteiger charge is 2.28. The third-order valence-electron chi connectivity index (χ3n) is 4.14. The van der Waals surface area contributed by atoms with E-state index in [4.69, 9.17) is 5.11 Å². The lowest BCUT2D eigenvalue weighted by molar-refractivity contribution is -0.138. The van der Waals surface area contributed by atoms with Crippen LogP contribution in [0.2, 0.25) is 0 Å². The Labute approximate surface area is 129 Å². The number of hydrogen-bond donors (Lipinski definition) is 1. The van der Waals surface area contributed by atoms with E-state index < -0.39 is 11.9 Å². The maximum atomic E-state index is 12.5. The van der Waals surface area contributed by atoms with Crippen molar-refractivity contribution in [1.29, 1.82) is 0 Å². The molecule has 0 radical (unpaired) electrons. The number of fused-ring (bicyclic) bond motifs is 1. The first-order chi connectivity index (χ1) is 10.5. The quantitative estimate of drug-likeness (QED) is 0.944. The van der Waals surface area contributed by atoms with Crippen molar-refractivity contribution in [2.45, 2.75) is 26.3 Å². The van der Waals surface area contributed by atoms with E-state index in [0.717, 1.165) is 27.9 Å². The minimum Gasteiger partial charge on any atom is -0.481 e. The molecule has 1 unspecified atom stereocenters. The normalized spacial score (nSPS) is 14.8. The van der Waals surface area contributed by atoms with Crippen LogP contribution in [0.5, 0.6) is 0 Å². The molecule has 4 heteroatoms. The van der Waals surface area contributed by atoms with Gasteiger partial charge in [-0.1, -0.05) is 29.8 Å². The van der Waals surface area contributed by atoms with Gasteiger partial charge in [-0.25, -0.2) is 0 Å². The third kappa shape index (κ3) is 2.37. The van der Waals surface area contributed by atoms with Crippen molar-refractivity contribution in [2.24, 2.45) is 0 Å². The Morgan fingerprint density at radius 1 is 1.18 bits per heavy atom. The monoisotopic (exact) mass is 295 g/mol. The van der Waals surface area contributed by atoms with Crippen LogP contribution in [-0.4, -0.2) is 17.0 Å². The lowest BCUT2D eigenvalue weighted by Crippen LogP contribution is -2.23. The number of carbonyl (C=O) groups is 2. The first-order valence-electron chi connectivity index (χ1n) is 7.21. The zero-order valence-corrected chi connectivity index (χ0v) is 12.5. The highest BCUT2D eigenvalue weighted by molar-refractivity contribution is 6.10. The van der Waals surface area contributed by atoms with Gasteiger partial charge in [-0.3, -0.25) is 9.59 Å². The number of nitrogens with zero attached hydrogens (tertiary/aromatic N) is 1. The molecule has 1 amide bonds. The van der Waals surface area contributed by atoms with Crippen LogP contribution in [0.25, 0.3) is 0 Å². The third-order valence-corrected chi connectivity index (χ3v) is 4.14. The Morgan fingerprint density at radius 3 is 2.50 bits per heavy atom. The Hall–Kier alpha value is -2.62. The number of aliphatic carboxylic acids is 1. The molecule has 0 aliphatic carbocycles. The van der Waals surface area contributed by atoms with Gasteiger partial charge in [-0.15, -0.1) is 0 Å². The summed E-state index contributed by atoms with van der Waals surface area (Å²) in [5.41, 5.74) is 4.37. The maximum absolute atomic E-state index is 12.5. The van der Waals surface area contributed by atoms with Crippen molar-refractivity contribution in [2.75, 3.05) is 4.90 Å². The van der Waals surface area contributed by atoms with Crippen LogP contribution in [0.15, 0.2) is 42.5 Å². The van der Waals surface area contributed by atoms with Crippen LogP contribution < -0.4 is 4.90 Å². The number of hydrogen-bond acceptors (Lipinski definition) is 2. The Kier molecular flexibility index (Phi) is 3.45. The molecule has 1 heterocycles. The van der Waals surface area contributed by atoms with Crippen molar-refractivity contribution in [3.8, 4) is 0 Å². The minimum absolute atomic E-state index is 0.00210. The van der Waals surface area contributed by atoms with Gasteiger partial charge >= 0.3 is 5.97 Å². The van der Waals surface area contributed by atoms with E-state index in [9.17, 15) is 9.59 Å². The summed E-state index contributed by atoms with van der Waals surface area (Å²) < 4.78 is 0. The van der Waals surface area contributed by atoms with E-state index in [1.165, 1.54) is 0 Å². The van der Waals surface area contributed by atoms with Crippen LogP contribution >= 0.6 is 0 Å². The molecule has 0 fully saturated rings. The van der Waals surface area contributed by atoms with E-state index in [0.29, 0.717) is 6.54 Å². The highest BCUT2D eigenvalue weighted by Crippen LogP contribution is 2.30. The number of aryl methyl sites for hydroxylation is 1. The summed E-state index contributed by atoms with van der Waals surface area (Å²) in [7, 11) is 0. The van der Waals surface area contributed by atoms with Gasteiger partial charge in [-0.05, 0) is 43.2 Å². The van der Waals surface area contributed by atoms with Gasteiger partial charge < -0.3 is 10.0 Å². The van der Waals surface area contributed by atoms with Crippen molar-refractivity contribution in [1.82, 2.24) is 0 Å². The fourth-order valence-electron chi connectivity index (χ4n) is 2.71. The predicted molar refractivity (Wildman–Crippen MR) is 84.2 cm³/mol. The molecule has 0 spiro atoms. The molecule has 3 rings (SSSR count). The average Bonchev–Trinajstić information content (AvgIpc) is 2.83. The SMILES string of the molecule is Cc1ccc2c(c1)C(=O)N(c1ccc(C(C)C(=O)O)cc1)C2. The largest absolute Gasteiger partial charge is 0.481 e. The van der Waals surface area contributed by atoms with Crippen LogP contribution in [0.4, 0.5) is 5.69 Å². The number of carboxylic acid groups (broad SMARTS) is 1. The molecule has 4 nitrogen and oxygen atoms in total. The summed E-state index contributed by atoms with van der Waals surface area (Å²) in [5, 5.41) is 9.04. The van der Waals surface area contributed by atoms with Crippen molar-refractivity contribution in [3.63, 3.8) is 0 Å². The fourth-order valence-corrected chi connectivity index (χ4v) is 2.71. The molecule has 1 aliphatic rings. The van der Waals surface area contributed by atoms with Gasteiger partial charge in [0.1, 0.15) is 0 Å². The summed E-state index contributed by atoms with van der Waals surface area (Å²) in [6.45, 7) is 4.18. The molecule has 0 aromatic heterocycles. The molecule has 22 heavy (non-hydrogen) atoms. The second-order valence-electron chi connectivity index (χ2n) is 5.70. The van der Waals surface area contributed by atoms with Gasteiger partial charge in [0.2, 0.25) is 0 Å². The zero-order chi connectivity index (χ0) is 15.9. The summed E-state index contributed by atoms with van der Waals surface area (Å²) >= 11 is 0. The van der Waals surface area contributed by atoms with E-state index in [-0.39, 0.29) is 5.91 Å². The summed E-state index contributed by atoms with van der Waals surface area (Å²) in [6, 6.07) is 13.1. The van der Waals surface area contributed by atoms with E-state index in [1.54, 1.807) is 24.0 Å². The smallest absolute Gasteiger partial charge is 0.310 e. The number of amides is 1. The number of carbonyl (C=O) groups excluding carboxylic acids is 1. The lowest BCUT2D eigenvalue weighted by Gasteiger charge is -2.16. The molecule has 1 aliphatic heterocycles. The molecule has 0 saturated carbocycles. The Bertz CT molecular complexity index is 749. The zero-order valence-electron chi connectivity index (χ0n) is 12.5. The fraction of sp³-hybridized carbons (Fsp3) is 0.222. The predicted octanol–water partition coefficient (Wildman–Crippen LogP) is 3.34. The van der Waals surface area contributed by atoms with Crippen LogP contribution in [0, 0.1) is 6.92 Å². The second-order valence-corrected chi connectivity index (χ2v) is 5.70. The van der Waals surface area contributed by atoms with Gasteiger partial charge in [0, 0.05) is 11.3 Å². The molecule has 112 valence electrons. The Balaban J connectivity index is 1.87. The number of anilines is 1. The van der Waals surface area contributed by atoms with Gasteiger partial charge in [-0.2, -0.15) is 0 Å². The molecule has 0 bridgehead atoms. The molecular formula is C18H17NO3. The second kappa shape index (κ2) is 5.30. The molecule has 2 aromatic carbocycles. The minimum atomic E-state index is -0.854. The molecule has 2 aromatic rings. The van der Waals surface area contributed by atoms with Crippen LogP contribution in [0.1, 0.15) is 39.9 Å². The number of benzene rings is 2. The summed E-state index contributed by atoms with van der Waals surface area (Å²) in [5.74, 6) is -1.41. The van der Waals surface area contributed by atoms with Crippen LogP contribution in [-0.2, 0) is 11.3 Å². The van der Waals surface area contributed by atoms with E-state index >= 15 is 0 Å². The van der Waals surface area contributed by atoms with Crippen molar-refractivity contribution in [3.05, 3.63) is 64.7 Å². The molecule has 0 saturated heterocycles. The van der Waals surface area contributed by atoms with Gasteiger partial charge in [0.05, 0.1) is 12.5 Å². The van der Waals surface area contributed by atoms with Crippen LogP contribution in [0.3, 0.4) is 0 Å². The molecule has 1 atom stereocenters. The number of rotatable bonds is 3. The van der Waals surface area contributed by atoms with Gasteiger partial charge in [0.15, 0.2) is 0 Å². The summed E-state index contributed by atoms with van der Waals surface area (Å²) in [4.78, 5) is 25.2. The first-order valence-corrected chi connectivity index (χ1v) is 7.21. The summed E-state index contributed by atoms with van der Waals surface area (Å²) in [6.07, 6.45) is 0. The van der Waals surface area contributed by atoms with E-state index in [1.807, 2.05) is 37.3 Å². The number of carboxylic acids is 1. The van der Waals surface area contributed by atoms with E-state index in [2.05, 4.69) is 0 Å². The average molecular weight is 295 g/mol. The molecule has 1 N–H and O–H groups in total. The first kappa shape index (κ1) is 14.3. The lowest BCUT2D eigenvalue weighted by atomic mass is 10.0. The standard InChI is InChI=1S/C18H17NO3/c1-11-3-4-14-10-19(17(20)16(14)9-11)15-7-5-13(6-8-15)12(2)18(21)22/h3-9,12H,10H2,1-2H3,(H,21,22). The maximum Gasteiger partial charge on any atom is 0.310 e.